The predicted octanol–water partition coefficient (Wildman–Crippen LogP) is 0.912. The van der Waals surface area contributed by atoms with Crippen molar-refractivity contribution in [2.24, 2.45) is 0 Å². The van der Waals surface area contributed by atoms with Gasteiger partial charge in [0, 0.05) is 13.6 Å². The summed E-state index contributed by atoms with van der Waals surface area (Å²) in [5, 5.41) is 8.51. The fourth-order valence-electron chi connectivity index (χ4n) is 1.26. The lowest BCUT2D eigenvalue weighted by Gasteiger charge is -2.26. The van der Waals surface area contributed by atoms with Crippen molar-refractivity contribution in [3.05, 3.63) is 0 Å². The molecule has 10 heteroatoms. The molecule has 19 heavy (non-hydrogen) atoms. The van der Waals surface area contributed by atoms with Gasteiger partial charge in [-0.3, -0.25) is 4.79 Å². The summed E-state index contributed by atoms with van der Waals surface area (Å²) < 4.78 is 61.2. The Labute approximate surface area is 110 Å². The minimum absolute atomic E-state index is 0.0345. The lowest BCUT2D eigenvalue weighted by molar-refractivity contribution is -0.146. The highest BCUT2D eigenvalue weighted by molar-refractivity contribution is 7.86. The fourth-order valence-corrected chi connectivity index (χ4v) is 2.60. The number of alkyl halides is 3. The van der Waals surface area contributed by atoms with Crippen molar-refractivity contribution in [1.82, 2.24) is 8.61 Å². The van der Waals surface area contributed by atoms with E-state index in [-0.39, 0.29) is 10.8 Å². The highest BCUT2D eigenvalue weighted by Gasteiger charge is 2.38. The van der Waals surface area contributed by atoms with E-state index in [4.69, 9.17) is 5.11 Å². The van der Waals surface area contributed by atoms with E-state index >= 15 is 0 Å². The molecule has 114 valence electrons. The van der Waals surface area contributed by atoms with Gasteiger partial charge in [0.2, 0.25) is 0 Å². The summed E-state index contributed by atoms with van der Waals surface area (Å²) in [7, 11) is -3.31. The molecule has 0 bridgehead atoms. The van der Waals surface area contributed by atoms with Gasteiger partial charge in [0.05, 0.1) is 0 Å². The van der Waals surface area contributed by atoms with Gasteiger partial charge in [-0.15, -0.1) is 0 Å². The zero-order valence-corrected chi connectivity index (χ0v) is 11.5. The average Bonchev–Trinajstić information content (AvgIpc) is 2.22. The van der Waals surface area contributed by atoms with Crippen LogP contribution in [0.3, 0.4) is 0 Å². The van der Waals surface area contributed by atoms with Gasteiger partial charge in [-0.05, 0) is 6.42 Å². The lowest BCUT2D eigenvalue weighted by atomic mass is 10.3. The molecular formula is C9H17F3N2O4S. The highest BCUT2D eigenvalue weighted by atomic mass is 32.2. The quantitative estimate of drug-likeness (QED) is 0.723. The summed E-state index contributed by atoms with van der Waals surface area (Å²) in [5.74, 6) is -1.64. The Hall–Kier alpha value is -0.870. The molecule has 0 atom stereocenters. The molecule has 0 unspecified atom stereocenters. The zero-order chi connectivity index (χ0) is 15.3. The molecule has 1 N–H and O–H groups in total. The van der Waals surface area contributed by atoms with Crippen molar-refractivity contribution >= 4 is 16.2 Å². The van der Waals surface area contributed by atoms with Crippen LogP contribution in [0.25, 0.3) is 0 Å². The zero-order valence-electron chi connectivity index (χ0n) is 10.6. The summed E-state index contributed by atoms with van der Waals surface area (Å²) in [6.45, 7) is -1.21. The molecule has 0 aliphatic rings. The summed E-state index contributed by atoms with van der Waals surface area (Å²) in [6.07, 6.45) is -3.66. The molecule has 0 rings (SSSR count). The van der Waals surface area contributed by atoms with Gasteiger partial charge in [-0.25, -0.2) is 0 Å². The SMILES string of the molecule is CCCCN(C)S(=O)(=O)N(CC(=O)O)CC(F)(F)F. The number of carboxylic acid groups (broad SMARTS) is 1. The topological polar surface area (TPSA) is 77.9 Å². The van der Waals surface area contributed by atoms with Gasteiger partial charge >= 0.3 is 12.1 Å². The number of aliphatic carboxylic acids is 1. The number of carboxylic acids is 1. The van der Waals surface area contributed by atoms with Crippen molar-refractivity contribution in [2.45, 2.75) is 25.9 Å². The van der Waals surface area contributed by atoms with Gasteiger partial charge in [0.15, 0.2) is 0 Å². The molecule has 0 aliphatic heterocycles. The Balaban J connectivity index is 5.06. The van der Waals surface area contributed by atoms with Crippen LogP contribution in [0.1, 0.15) is 19.8 Å². The fraction of sp³-hybridized carbons (Fsp3) is 0.889. The van der Waals surface area contributed by atoms with Crippen LogP contribution in [0.2, 0.25) is 0 Å². The first-order valence-electron chi connectivity index (χ1n) is 5.50. The van der Waals surface area contributed by atoms with Crippen molar-refractivity contribution in [2.75, 3.05) is 26.7 Å². The Bertz CT molecular complexity index is 397. The Kier molecular flexibility index (Phi) is 6.73. The Morgan fingerprint density at radius 3 is 2.21 bits per heavy atom. The maximum absolute atomic E-state index is 12.3. The second-order valence-corrected chi connectivity index (χ2v) is 6.00. The number of carbonyl (C=O) groups is 1. The molecule has 0 radical (unpaired) electrons. The molecule has 0 aromatic heterocycles. The number of nitrogens with zero attached hydrogens (tertiary/aromatic N) is 2. The summed E-state index contributed by atoms with van der Waals surface area (Å²) in [6, 6.07) is 0. The van der Waals surface area contributed by atoms with Crippen LogP contribution >= 0.6 is 0 Å². The molecule has 0 fully saturated rings. The Morgan fingerprint density at radius 2 is 1.84 bits per heavy atom. The van der Waals surface area contributed by atoms with Crippen LogP contribution in [0.4, 0.5) is 13.2 Å². The van der Waals surface area contributed by atoms with Crippen molar-refractivity contribution in [1.29, 1.82) is 0 Å². The first-order chi connectivity index (χ1) is 8.50. The van der Waals surface area contributed by atoms with E-state index < -0.39 is 35.4 Å². The largest absolute Gasteiger partial charge is 0.480 e. The van der Waals surface area contributed by atoms with Gasteiger partial charge < -0.3 is 5.11 Å². The number of hydrogen-bond acceptors (Lipinski definition) is 3. The molecule has 0 saturated heterocycles. The minimum Gasteiger partial charge on any atom is -0.480 e. The van der Waals surface area contributed by atoms with Crippen LogP contribution in [-0.4, -0.2) is 61.0 Å². The summed E-state index contributed by atoms with van der Waals surface area (Å²) in [5.41, 5.74) is 0. The third-order valence-corrected chi connectivity index (χ3v) is 4.10. The molecular weight excluding hydrogens is 289 g/mol. The number of halogens is 3. The molecule has 0 spiro atoms. The second kappa shape index (κ2) is 7.06. The molecule has 0 saturated carbocycles. The summed E-state index contributed by atoms with van der Waals surface area (Å²) in [4.78, 5) is 10.5. The van der Waals surface area contributed by atoms with Crippen molar-refractivity contribution in [3.8, 4) is 0 Å². The Morgan fingerprint density at radius 1 is 1.32 bits per heavy atom. The van der Waals surface area contributed by atoms with Crippen molar-refractivity contribution < 1.29 is 31.5 Å². The molecule has 6 nitrogen and oxygen atoms in total. The minimum atomic E-state index is -4.80. The van der Waals surface area contributed by atoms with Crippen LogP contribution in [0.5, 0.6) is 0 Å². The number of hydrogen-bond donors (Lipinski definition) is 1. The van der Waals surface area contributed by atoms with E-state index in [9.17, 15) is 26.4 Å². The normalized spacial score (nSPS) is 13.2. The van der Waals surface area contributed by atoms with Crippen LogP contribution in [0, 0.1) is 0 Å². The van der Waals surface area contributed by atoms with Crippen LogP contribution in [0.15, 0.2) is 0 Å². The van der Waals surface area contributed by atoms with E-state index in [2.05, 4.69) is 0 Å². The van der Waals surface area contributed by atoms with Gasteiger partial charge in [0.1, 0.15) is 13.1 Å². The maximum atomic E-state index is 12.3. The third kappa shape index (κ3) is 6.73. The second-order valence-electron chi connectivity index (χ2n) is 3.96. The first-order valence-corrected chi connectivity index (χ1v) is 6.90. The predicted molar refractivity (Wildman–Crippen MR) is 61.7 cm³/mol. The maximum Gasteiger partial charge on any atom is 0.402 e. The monoisotopic (exact) mass is 306 g/mol. The molecule has 0 heterocycles. The lowest BCUT2D eigenvalue weighted by Crippen LogP contribution is -2.48. The average molecular weight is 306 g/mol. The highest BCUT2D eigenvalue weighted by Crippen LogP contribution is 2.19. The third-order valence-electron chi connectivity index (χ3n) is 2.21. The molecule has 0 aromatic rings. The van der Waals surface area contributed by atoms with Crippen molar-refractivity contribution in [3.63, 3.8) is 0 Å². The van der Waals surface area contributed by atoms with Gasteiger partial charge in [-0.1, -0.05) is 13.3 Å². The molecule has 0 aromatic carbocycles. The van der Waals surface area contributed by atoms with E-state index in [0.29, 0.717) is 12.8 Å². The van der Waals surface area contributed by atoms with E-state index in [1.807, 2.05) is 0 Å². The number of unbranched alkanes of at least 4 members (excludes halogenated alkanes) is 1. The molecule has 0 aliphatic carbocycles. The van der Waals surface area contributed by atoms with Gasteiger partial charge in [-0.2, -0.15) is 30.2 Å². The standard InChI is InChI=1S/C9H17F3N2O4S/c1-3-4-5-13(2)19(17,18)14(6-8(15)16)7-9(10,11)12/h3-7H2,1-2H3,(H,15,16). The van der Waals surface area contributed by atoms with E-state index in [1.165, 1.54) is 0 Å². The number of rotatable bonds is 8. The van der Waals surface area contributed by atoms with E-state index in [0.717, 1.165) is 11.4 Å². The van der Waals surface area contributed by atoms with Crippen LogP contribution in [-0.2, 0) is 15.0 Å². The first kappa shape index (κ1) is 18.1. The smallest absolute Gasteiger partial charge is 0.402 e. The van der Waals surface area contributed by atoms with E-state index in [1.54, 1.807) is 6.92 Å². The van der Waals surface area contributed by atoms with Gasteiger partial charge in [0.25, 0.3) is 10.2 Å². The summed E-state index contributed by atoms with van der Waals surface area (Å²) >= 11 is 0. The molecule has 0 amide bonds. The van der Waals surface area contributed by atoms with Crippen LogP contribution < -0.4 is 0 Å².